The molecule has 1 rings (SSSR count). The van der Waals surface area contributed by atoms with Crippen molar-refractivity contribution in [2.45, 2.75) is 19.8 Å². The Labute approximate surface area is 96.8 Å². The zero-order valence-electron chi connectivity index (χ0n) is 9.95. The van der Waals surface area contributed by atoms with Gasteiger partial charge in [0.05, 0.1) is 12.2 Å². The number of ether oxygens (including phenoxy) is 1. The lowest BCUT2D eigenvalue weighted by molar-refractivity contribution is 0.0976. The molecular weight excluding hydrogens is 202 g/mol. The fraction of sp³-hybridized carbons (Fsp3) is 0.462. The Morgan fingerprint density at radius 3 is 2.81 bits per heavy atom. The SMILES string of the molecule is CCOc1ccccc1C(=O)CCCNC. The number of rotatable bonds is 7. The van der Waals surface area contributed by atoms with Crippen LogP contribution in [0.3, 0.4) is 0 Å². The van der Waals surface area contributed by atoms with E-state index in [2.05, 4.69) is 5.32 Å². The molecule has 3 heteroatoms. The fourth-order valence-corrected chi connectivity index (χ4v) is 1.54. The van der Waals surface area contributed by atoms with Gasteiger partial charge in [-0.15, -0.1) is 0 Å². The van der Waals surface area contributed by atoms with Crippen LogP contribution in [0.25, 0.3) is 0 Å². The molecule has 88 valence electrons. The summed E-state index contributed by atoms with van der Waals surface area (Å²) < 4.78 is 5.43. The Hall–Kier alpha value is -1.35. The molecule has 1 N–H and O–H groups in total. The van der Waals surface area contributed by atoms with Crippen LogP contribution in [-0.2, 0) is 0 Å². The van der Waals surface area contributed by atoms with Crippen LogP contribution in [0.4, 0.5) is 0 Å². The molecule has 0 saturated carbocycles. The molecule has 0 heterocycles. The Bertz CT molecular complexity index is 336. The van der Waals surface area contributed by atoms with Gasteiger partial charge in [0.15, 0.2) is 5.78 Å². The van der Waals surface area contributed by atoms with Gasteiger partial charge in [-0.3, -0.25) is 4.79 Å². The molecule has 3 nitrogen and oxygen atoms in total. The first-order valence-electron chi connectivity index (χ1n) is 5.69. The zero-order chi connectivity index (χ0) is 11.8. The monoisotopic (exact) mass is 221 g/mol. The third-order valence-corrected chi connectivity index (χ3v) is 2.32. The quantitative estimate of drug-likeness (QED) is 0.567. The highest BCUT2D eigenvalue weighted by molar-refractivity contribution is 5.98. The minimum absolute atomic E-state index is 0.152. The molecule has 0 amide bonds. The molecule has 0 aromatic heterocycles. The third-order valence-electron chi connectivity index (χ3n) is 2.32. The molecule has 16 heavy (non-hydrogen) atoms. The predicted octanol–water partition coefficient (Wildman–Crippen LogP) is 2.27. The first-order chi connectivity index (χ1) is 7.79. The average Bonchev–Trinajstić information content (AvgIpc) is 2.30. The highest BCUT2D eigenvalue weighted by atomic mass is 16.5. The molecule has 0 aliphatic carbocycles. The van der Waals surface area contributed by atoms with Gasteiger partial charge in [0, 0.05) is 6.42 Å². The second-order valence-corrected chi connectivity index (χ2v) is 3.56. The molecular formula is C13H19NO2. The Morgan fingerprint density at radius 1 is 1.38 bits per heavy atom. The number of para-hydroxylation sites is 1. The lowest BCUT2D eigenvalue weighted by Gasteiger charge is -2.08. The van der Waals surface area contributed by atoms with Crippen molar-refractivity contribution >= 4 is 5.78 Å². The second-order valence-electron chi connectivity index (χ2n) is 3.56. The maximum absolute atomic E-state index is 11.9. The van der Waals surface area contributed by atoms with E-state index in [1.165, 1.54) is 0 Å². The van der Waals surface area contributed by atoms with Crippen molar-refractivity contribution in [1.29, 1.82) is 0 Å². The van der Waals surface area contributed by atoms with Gasteiger partial charge in [0.25, 0.3) is 0 Å². The summed E-state index contributed by atoms with van der Waals surface area (Å²) in [6.07, 6.45) is 1.42. The lowest BCUT2D eigenvalue weighted by Crippen LogP contribution is -2.10. The maximum Gasteiger partial charge on any atom is 0.166 e. The van der Waals surface area contributed by atoms with Crippen molar-refractivity contribution in [3.63, 3.8) is 0 Å². The number of hydrogen-bond donors (Lipinski definition) is 1. The molecule has 0 aliphatic rings. The lowest BCUT2D eigenvalue weighted by atomic mass is 10.1. The molecule has 1 aromatic carbocycles. The maximum atomic E-state index is 11.9. The Balaban J connectivity index is 2.66. The number of hydrogen-bond acceptors (Lipinski definition) is 3. The predicted molar refractivity (Wildman–Crippen MR) is 65.1 cm³/mol. The molecule has 0 radical (unpaired) electrons. The van der Waals surface area contributed by atoms with E-state index in [4.69, 9.17) is 4.74 Å². The van der Waals surface area contributed by atoms with Crippen LogP contribution in [0, 0.1) is 0 Å². The van der Waals surface area contributed by atoms with Crippen molar-refractivity contribution in [3.8, 4) is 5.75 Å². The summed E-state index contributed by atoms with van der Waals surface area (Å²) in [4.78, 5) is 11.9. The molecule has 1 aromatic rings. The fourth-order valence-electron chi connectivity index (χ4n) is 1.54. The minimum atomic E-state index is 0.152. The van der Waals surface area contributed by atoms with Crippen molar-refractivity contribution in [2.75, 3.05) is 20.2 Å². The van der Waals surface area contributed by atoms with E-state index in [1.807, 2.05) is 38.2 Å². The summed E-state index contributed by atoms with van der Waals surface area (Å²) in [5.74, 6) is 0.846. The number of carbonyl (C=O) groups is 1. The van der Waals surface area contributed by atoms with Crippen molar-refractivity contribution < 1.29 is 9.53 Å². The van der Waals surface area contributed by atoms with Crippen molar-refractivity contribution in [2.24, 2.45) is 0 Å². The normalized spacial score (nSPS) is 10.1. The van der Waals surface area contributed by atoms with Crippen LogP contribution in [0.1, 0.15) is 30.1 Å². The Morgan fingerprint density at radius 2 is 2.12 bits per heavy atom. The van der Waals surface area contributed by atoms with Gasteiger partial charge in [-0.1, -0.05) is 12.1 Å². The molecule has 0 aliphatic heterocycles. The van der Waals surface area contributed by atoms with Crippen LogP contribution in [0.2, 0.25) is 0 Å². The van der Waals surface area contributed by atoms with Gasteiger partial charge in [0.2, 0.25) is 0 Å². The van der Waals surface area contributed by atoms with Gasteiger partial charge in [-0.25, -0.2) is 0 Å². The van der Waals surface area contributed by atoms with Gasteiger partial charge in [-0.05, 0) is 39.1 Å². The summed E-state index contributed by atoms with van der Waals surface area (Å²) in [5.41, 5.74) is 0.695. The Kier molecular flexibility index (Phi) is 5.57. The highest BCUT2D eigenvalue weighted by Gasteiger charge is 2.10. The van der Waals surface area contributed by atoms with Crippen LogP contribution in [-0.4, -0.2) is 26.0 Å². The van der Waals surface area contributed by atoms with Gasteiger partial charge < -0.3 is 10.1 Å². The minimum Gasteiger partial charge on any atom is -0.493 e. The first kappa shape index (κ1) is 12.7. The van der Waals surface area contributed by atoms with Crippen molar-refractivity contribution in [1.82, 2.24) is 5.32 Å². The van der Waals surface area contributed by atoms with Crippen LogP contribution < -0.4 is 10.1 Å². The summed E-state index contributed by atoms with van der Waals surface area (Å²) in [7, 11) is 1.89. The van der Waals surface area contributed by atoms with Crippen LogP contribution in [0.15, 0.2) is 24.3 Å². The molecule has 0 spiro atoms. The van der Waals surface area contributed by atoms with Gasteiger partial charge in [0.1, 0.15) is 5.75 Å². The topological polar surface area (TPSA) is 38.3 Å². The number of carbonyl (C=O) groups excluding carboxylic acids is 1. The molecule has 0 fully saturated rings. The van der Waals surface area contributed by atoms with Gasteiger partial charge in [-0.2, -0.15) is 0 Å². The molecule has 0 unspecified atom stereocenters. The zero-order valence-corrected chi connectivity index (χ0v) is 9.95. The summed E-state index contributed by atoms with van der Waals surface area (Å²) >= 11 is 0. The second kappa shape index (κ2) is 7.01. The average molecular weight is 221 g/mol. The molecule has 0 bridgehead atoms. The van der Waals surface area contributed by atoms with E-state index in [9.17, 15) is 4.79 Å². The highest BCUT2D eigenvalue weighted by Crippen LogP contribution is 2.19. The van der Waals surface area contributed by atoms with Crippen molar-refractivity contribution in [3.05, 3.63) is 29.8 Å². The van der Waals surface area contributed by atoms with Gasteiger partial charge >= 0.3 is 0 Å². The van der Waals surface area contributed by atoms with Crippen LogP contribution in [0.5, 0.6) is 5.75 Å². The summed E-state index contributed by atoms with van der Waals surface area (Å²) in [6, 6.07) is 7.42. The molecule has 0 atom stereocenters. The van der Waals surface area contributed by atoms with E-state index in [1.54, 1.807) is 0 Å². The van der Waals surface area contributed by atoms with E-state index >= 15 is 0 Å². The number of nitrogens with one attached hydrogen (secondary N) is 1. The summed E-state index contributed by atoms with van der Waals surface area (Å²) in [5, 5.41) is 3.03. The molecule has 0 saturated heterocycles. The van der Waals surface area contributed by atoms with E-state index in [0.29, 0.717) is 24.3 Å². The number of Topliss-reactive ketones (excluding diaryl/α,β-unsaturated/α-hetero) is 1. The standard InChI is InChI=1S/C13H19NO2/c1-3-16-13-9-5-4-7-11(13)12(15)8-6-10-14-2/h4-5,7,9,14H,3,6,8,10H2,1-2H3. The first-order valence-corrected chi connectivity index (χ1v) is 5.69. The third kappa shape index (κ3) is 3.66. The van der Waals surface area contributed by atoms with E-state index < -0.39 is 0 Å². The summed E-state index contributed by atoms with van der Waals surface area (Å²) in [6.45, 7) is 3.37. The smallest absolute Gasteiger partial charge is 0.166 e. The van der Waals surface area contributed by atoms with E-state index in [-0.39, 0.29) is 5.78 Å². The number of benzene rings is 1. The largest absolute Gasteiger partial charge is 0.493 e. The van der Waals surface area contributed by atoms with Crippen LogP contribution >= 0.6 is 0 Å². The van der Waals surface area contributed by atoms with E-state index in [0.717, 1.165) is 13.0 Å². The number of ketones is 1.